The van der Waals surface area contributed by atoms with Crippen molar-refractivity contribution in [1.29, 1.82) is 0 Å². The van der Waals surface area contributed by atoms with E-state index < -0.39 is 22.5 Å². The summed E-state index contributed by atoms with van der Waals surface area (Å²) in [6, 6.07) is 7.53. The number of nitrogens with zero attached hydrogens (tertiary/aromatic N) is 1. The molecule has 0 unspecified atom stereocenters. The standard InChI is InChI=1S/C14H8Cl2N2O5/c15-9-6-12(18(22)23)10(16)5-11(9)17-13(19)7-3-1-2-4-8(7)14(20)21/h1-6H,(H,17,19)(H,20,21)/p-1. The molecule has 7 nitrogen and oxygen atoms in total. The monoisotopic (exact) mass is 353 g/mol. The number of carbonyl (C=O) groups excluding carboxylic acids is 2. The first-order valence-electron chi connectivity index (χ1n) is 6.06. The fraction of sp³-hybridized carbons (Fsp3) is 0. The van der Waals surface area contributed by atoms with Crippen molar-refractivity contribution >= 4 is 46.5 Å². The largest absolute Gasteiger partial charge is 0.545 e. The Labute approximate surface area is 139 Å². The van der Waals surface area contributed by atoms with Crippen LogP contribution in [0.25, 0.3) is 0 Å². The zero-order valence-electron chi connectivity index (χ0n) is 11.2. The van der Waals surface area contributed by atoms with Crippen LogP contribution >= 0.6 is 23.2 Å². The van der Waals surface area contributed by atoms with Gasteiger partial charge in [0.1, 0.15) is 5.02 Å². The van der Waals surface area contributed by atoms with E-state index in [1.54, 1.807) is 0 Å². The number of carboxylic acid groups (broad SMARTS) is 1. The molecule has 1 amide bonds. The number of anilines is 1. The molecule has 0 bridgehead atoms. The number of hydrogen-bond acceptors (Lipinski definition) is 5. The molecule has 23 heavy (non-hydrogen) atoms. The Morgan fingerprint density at radius 3 is 2.22 bits per heavy atom. The van der Waals surface area contributed by atoms with Gasteiger partial charge in [0.05, 0.1) is 21.6 Å². The molecule has 9 heteroatoms. The fourth-order valence-electron chi connectivity index (χ4n) is 1.82. The van der Waals surface area contributed by atoms with Crippen LogP contribution in [0.2, 0.25) is 10.0 Å². The molecule has 0 atom stereocenters. The topological polar surface area (TPSA) is 112 Å². The second-order valence-electron chi connectivity index (χ2n) is 4.33. The molecule has 0 aliphatic rings. The number of hydrogen-bond donors (Lipinski definition) is 1. The van der Waals surface area contributed by atoms with Gasteiger partial charge in [-0.25, -0.2) is 0 Å². The molecule has 0 aromatic heterocycles. The molecule has 2 aromatic rings. The third-order valence-electron chi connectivity index (χ3n) is 2.87. The van der Waals surface area contributed by atoms with Crippen molar-refractivity contribution in [3.63, 3.8) is 0 Å². The van der Waals surface area contributed by atoms with Crippen molar-refractivity contribution in [1.82, 2.24) is 0 Å². The van der Waals surface area contributed by atoms with E-state index in [2.05, 4.69) is 5.32 Å². The fourth-order valence-corrected chi connectivity index (χ4v) is 2.26. The number of nitro benzene ring substituents is 1. The maximum Gasteiger partial charge on any atom is 0.289 e. The van der Waals surface area contributed by atoms with Crippen molar-refractivity contribution in [2.24, 2.45) is 0 Å². The number of carbonyl (C=O) groups is 2. The molecular weight excluding hydrogens is 347 g/mol. The highest BCUT2D eigenvalue weighted by Crippen LogP contribution is 2.34. The Bertz CT molecular complexity index is 823. The Balaban J connectivity index is 2.37. The van der Waals surface area contributed by atoms with Gasteiger partial charge in [0.15, 0.2) is 0 Å². The van der Waals surface area contributed by atoms with E-state index in [0.717, 1.165) is 12.1 Å². The van der Waals surface area contributed by atoms with Gasteiger partial charge in [-0.05, 0) is 12.1 Å². The van der Waals surface area contributed by atoms with E-state index in [-0.39, 0.29) is 26.9 Å². The molecule has 118 valence electrons. The van der Waals surface area contributed by atoms with Gasteiger partial charge in [-0.3, -0.25) is 14.9 Å². The first-order valence-corrected chi connectivity index (χ1v) is 6.82. The summed E-state index contributed by atoms with van der Waals surface area (Å²) in [5.41, 5.74) is -0.836. The van der Waals surface area contributed by atoms with E-state index >= 15 is 0 Å². The van der Waals surface area contributed by atoms with Gasteiger partial charge < -0.3 is 15.2 Å². The molecule has 0 fully saturated rings. The van der Waals surface area contributed by atoms with Gasteiger partial charge in [0, 0.05) is 17.2 Å². The molecule has 2 rings (SSSR count). The number of nitrogens with one attached hydrogen (secondary N) is 1. The zero-order chi connectivity index (χ0) is 17.1. The molecule has 0 saturated carbocycles. The van der Waals surface area contributed by atoms with Crippen LogP contribution in [-0.4, -0.2) is 16.8 Å². The van der Waals surface area contributed by atoms with E-state index in [9.17, 15) is 24.8 Å². The lowest BCUT2D eigenvalue weighted by atomic mass is 10.1. The lowest BCUT2D eigenvalue weighted by molar-refractivity contribution is -0.384. The van der Waals surface area contributed by atoms with Crippen molar-refractivity contribution < 1.29 is 19.6 Å². The second-order valence-corrected chi connectivity index (χ2v) is 5.14. The first-order chi connectivity index (χ1) is 10.8. The Morgan fingerprint density at radius 2 is 1.65 bits per heavy atom. The molecular formula is C14H7Cl2N2O5-. The van der Waals surface area contributed by atoms with Gasteiger partial charge in [0.25, 0.3) is 11.6 Å². The smallest absolute Gasteiger partial charge is 0.289 e. The molecule has 2 aromatic carbocycles. The maximum absolute atomic E-state index is 12.2. The predicted octanol–water partition coefficient (Wildman–Crippen LogP) is 2.52. The van der Waals surface area contributed by atoms with Gasteiger partial charge in [-0.2, -0.15) is 0 Å². The van der Waals surface area contributed by atoms with Crippen LogP contribution in [0.15, 0.2) is 36.4 Å². The Hall–Kier alpha value is -2.64. The van der Waals surface area contributed by atoms with Crippen molar-refractivity contribution in [3.8, 4) is 0 Å². The van der Waals surface area contributed by atoms with Crippen molar-refractivity contribution in [3.05, 3.63) is 67.7 Å². The van der Waals surface area contributed by atoms with Gasteiger partial charge >= 0.3 is 0 Å². The second kappa shape index (κ2) is 6.64. The van der Waals surface area contributed by atoms with Crippen LogP contribution in [-0.2, 0) is 0 Å². The minimum Gasteiger partial charge on any atom is -0.545 e. The van der Waals surface area contributed by atoms with Crippen LogP contribution < -0.4 is 10.4 Å². The highest BCUT2D eigenvalue weighted by Gasteiger charge is 2.18. The minimum absolute atomic E-state index is 0.0143. The predicted molar refractivity (Wildman–Crippen MR) is 81.8 cm³/mol. The molecule has 0 saturated heterocycles. The number of nitro groups is 1. The average Bonchev–Trinajstić information content (AvgIpc) is 2.50. The van der Waals surface area contributed by atoms with Crippen LogP contribution in [0.4, 0.5) is 11.4 Å². The van der Waals surface area contributed by atoms with Crippen LogP contribution in [0.1, 0.15) is 20.7 Å². The van der Waals surface area contributed by atoms with Crippen molar-refractivity contribution in [2.45, 2.75) is 0 Å². The van der Waals surface area contributed by atoms with E-state index in [4.69, 9.17) is 23.2 Å². The lowest BCUT2D eigenvalue weighted by Crippen LogP contribution is -2.26. The summed E-state index contributed by atoms with van der Waals surface area (Å²) in [5.74, 6) is -2.28. The molecule has 1 N–H and O–H groups in total. The number of amides is 1. The average molecular weight is 354 g/mol. The summed E-state index contributed by atoms with van der Waals surface area (Å²) in [7, 11) is 0. The molecule has 0 spiro atoms. The number of benzene rings is 2. The summed E-state index contributed by atoms with van der Waals surface area (Å²) in [5, 5.41) is 23.8. The highest BCUT2D eigenvalue weighted by atomic mass is 35.5. The SMILES string of the molecule is O=C([O-])c1ccccc1C(=O)Nc1cc(Cl)c([N+](=O)[O-])cc1Cl. The summed E-state index contributed by atoms with van der Waals surface area (Å²) in [4.78, 5) is 33.2. The quantitative estimate of drug-likeness (QED) is 0.670. The number of halogens is 2. The van der Waals surface area contributed by atoms with Gasteiger partial charge in [-0.15, -0.1) is 0 Å². The minimum atomic E-state index is -1.51. The number of carboxylic acids is 1. The lowest BCUT2D eigenvalue weighted by Gasteiger charge is -2.12. The van der Waals surface area contributed by atoms with Gasteiger partial charge in [0.2, 0.25) is 0 Å². The Morgan fingerprint density at radius 1 is 1.04 bits per heavy atom. The maximum atomic E-state index is 12.2. The third kappa shape index (κ3) is 3.58. The first kappa shape index (κ1) is 16.7. The van der Waals surface area contributed by atoms with Gasteiger partial charge in [-0.1, -0.05) is 41.4 Å². The molecule has 0 heterocycles. The van der Waals surface area contributed by atoms with Crippen LogP contribution in [0.5, 0.6) is 0 Å². The third-order valence-corrected chi connectivity index (χ3v) is 3.49. The van der Waals surface area contributed by atoms with E-state index in [1.807, 2.05) is 0 Å². The Kier molecular flexibility index (Phi) is 4.83. The van der Waals surface area contributed by atoms with E-state index in [1.165, 1.54) is 24.3 Å². The van der Waals surface area contributed by atoms with E-state index in [0.29, 0.717) is 0 Å². The molecule has 0 aliphatic heterocycles. The normalized spacial score (nSPS) is 10.2. The number of rotatable bonds is 4. The highest BCUT2D eigenvalue weighted by molar-refractivity contribution is 6.37. The molecule has 0 radical (unpaired) electrons. The summed E-state index contributed by atoms with van der Waals surface area (Å²) in [6.45, 7) is 0. The van der Waals surface area contributed by atoms with Crippen molar-refractivity contribution in [2.75, 3.05) is 5.32 Å². The van der Waals surface area contributed by atoms with Crippen LogP contribution in [0, 0.1) is 10.1 Å². The summed E-state index contributed by atoms with van der Waals surface area (Å²) < 4.78 is 0. The summed E-state index contributed by atoms with van der Waals surface area (Å²) in [6.07, 6.45) is 0. The van der Waals surface area contributed by atoms with Crippen LogP contribution in [0.3, 0.4) is 0 Å². The zero-order valence-corrected chi connectivity index (χ0v) is 12.7. The molecule has 0 aliphatic carbocycles. The summed E-state index contributed by atoms with van der Waals surface area (Å²) >= 11 is 11.6. The number of aromatic carboxylic acids is 1.